The average molecular weight is 303 g/mol. The monoisotopic (exact) mass is 303 g/mol. The molecule has 0 radical (unpaired) electrons. The summed E-state index contributed by atoms with van der Waals surface area (Å²) >= 11 is 1.56. The van der Waals surface area contributed by atoms with Gasteiger partial charge in [-0.2, -0.15) is 0 Å². The first kappa shape index (κ1) is 14.1. The lowest BCUT2D eigenvalue weighted by atomic mass is 10.1. The molecule has 0 saturated carbocycles. The van der Waals surface area contributed by atoms with Crippen molar-refractivity contribution < 1.29 is 4.39 Å². The number of nitrogens with two attached hydrogens (primary N) is 1. The number of imidazole rings is 1. The van der Waals surface area contributed by atoms with Crippen molar-refractivity contribution in [2.75, 3.05) is 5.73 Å². The summed E-state index contributed by atoms with van der Waals surface area (Å²) in [4.78, 5) is 5.72. The first-order valence-electron chi connectivity index (χ1n) is 6.94. The topological polar surface area (TPSA) is 43.8 Å². The van der Waals surface area contributed by atoms with Gasteiger partial charge >= 0.3 is 0 Å². The minimum absolute atomic E-state index is 0.172. The molecule has 2 heterocycles. The number of halogens is 1. The minimum Gasteiger partial charge on any atom is -0.390 e. The smallest absolute Gasteiger partial charge is 0.151 e. The fourth-order valence-electron chi connectivity index (χ4n) is 2.71. The number of nitrogens with zero attached hydrogens (tertiary/aromatic N) is 2. The van der Waals surface area contributed by atoms with Crippen molar-refractivity contribution >= 4 is 27.4 Å². The van der Waals surface area contributed by atoms with E-state index in [1.54, 1.807) is 17.4 Å². The molecule has 1 aromatic carbocycles. The molecule has 0 fully saturated rings. The molecule has 0 aliphatic rings. The van der Waals surface area contributed by atoms with Crippen LogP contribution in [0.4, 0.5) is 9.39 Å². The van der Waals surface area contributed by atoms with Crippen LogP contribution in [0.2, 0.25) is 0 Å². The molecule has 2 aromatic heterocycles. The molecule has 0 aliphatic heterocycles. The predicted octanol–water partition coefficient (Wildman–Crippen LogP) is 4.68. The number of benzene rings is 1. The third kappa shape index (κ3) is 2.03. The lowest BCUT2D eigenvalue weighted by Gasteiger charge is -2.13. The maximum atomic E-state index is 14.1. The van der Waals surface area contributed by atoms with E-state index in [0.717, 1.165) is 27.5 Å². The summed E-state index contributed by atoms with van der Waals surface area (Å²) in [5.41, 5.74) is 9.44. The number of anilines is 1. The number of hydrogen-bond donors (Lipinski definition) is 1. The first-order chi connectivity index (χ1) is 9.91. The molecule has 0 unspecified atom stereocenters. The Morgan fingerprint density at radius 2 is 2.00 bits per heavy atom. The van der Waals surface area contributed by atoms with Crippen LogP contribution in [0.25, 0.3) is 22.4 Å². The lowest BCUT2D eigenvalue weighted by molar-refractivity contribution is 0.623. The highest BCUT2D eigenvalue weighted by Crippen LogP contribution is 2.40. The maximum Gasteiger partial charge on any atom is 0.151 e. The van der Waals surface area contributed by atoms with E-state index in [1.807, 2.05) is 19.9 Å². The third-order valence-corrected chi connectivity index (χ3v) is 4.86. The Hall–Kier alpha value is -1.88. The largest absolute Gasteiger partial charge is 0.390 e. The van der Waals surface area contributed by atoms with E-state index in [1.165, 1.54) is 10.9 Å². The van der Waals surface area contributed by atoms with Gasteiger partial charge in [0, 0.05) is 10.9 Å². The van der Waals surface area contributed by atoms with Gasteiger partial charge in [-0.1, -0.05) is 6.07 Å². The normalized spacial score (nSPS) is 11.7. The second kappa shape index (κ2) is 4.84. The summed E-state index contributed by atoms with van der Waals surface area (Å²) in [6.07, 6.45) is 0. The van der Waals surface area contributed by atoms with Crippen molar-refractivity contribution in [2.24, 2.45) is 0 Å². The van der Waals surface area contributed by atoms with Crippen molar-refractivity contribution in [2.45, 2.75) is 33.7 Å². The summed E-state index contributed by atoms with van der Waals surface area (Å²) in [7, 11) is 0. The van der Waals surface area contributed by atoms with Crippen LogP contribution in [0.1, 0.15) is 30.3 Å². The Bertz CT molecular complexity index is 830. The molecule has 5 heteroatoms. The Labute approximate surface area is 127 Å². The van der Waals surface area contributed by atoms with Crippen LogP contribution in [0.15, 0.2) is 18.2 Å². The fourth-order valence-corrected chi connectivity index (χ4v) is 3.64. The highest BCUT2D eigenvalue weighted by atomic mass is 32.1. The van der Waals surface area contributed by atoms with Gasteiger partial charge in [-0.25, -0.2) is 9.37 Å². The number of nitrogen functional groups attached to an aromatic ring is 1. The molecule has 21 heavy (non-hydrogen) atoms. The molecule has 0 atom stereocenters. The van der Waals surface area contributed by atoms with E-state index in [0.29, 0.717) is 5.52 Å². The minimum atomic E-state index is -0.295. The van der Waals surface area contributed by atoms with Crippen molar-refractivity contribution in [1.29, 1.82) is 0 Å². The second-order valence-corrected chi connectivity index (χ2v) is 6.79. The summed E-state index contributed by atoms with van der Waals surface area (Å²) in [6.45, 7) is 8.22. The van der Waals surface area contributed by atoms with Crippen molar-refractivity contribution in [3.05, 3.63) is 34.5 Å². The van der Waals surface area contributed by atoms with E-state index >= 15 is 0 Å². The Morgan fingerprint density at radius 1 is 1.29 bits per heavy atom. The van der Waals surface area contributed by atoms with Crippen LogP contribution < -0.4 is 5.73 Å². The number of hydrogen-bond acceptors (Lipinski definition) is 3. The van der Waals surface area contributed by atoms with Crippen molar-refractivity contribution in [3.8, 4) is 11.4 Å². The number of fused-ring (bicyclic) bond motifs is 1. The molecule has 0 aliphatic carbocycles. The Kier molecular flexibility index (Phi) is 3.24. The Balaban J connectivity index is 2.42. The molecule has 110 valence electrons. The highest BCUT2D eigenvalue weighted by molar-refractivity contribution is 7.16. The molecule has 3 rings (SSSR count). The maximum absolute atomic E-state index is 14.1. The standard InChI is InChI=1S/C16H18FN3S/c1-8(2)20-12-7-5-6-11(17)14(12)19-16(20)13-9(3)10(4)21-15(13)18/h5-8H,18H2,1-4H3. The number of thiophene rings is 1. The summed E-state index contributed by atoms with van der Waals surface area (Å²) in [6, 6.07) is 5.24. The number of aromatic nitrogens is 2. The van der Waals surface area contributed by atoms with Gasteiger partial charge in [0.2, 0.25) is 0 Å². The van der Waals surface area contributed by atoms with E-state index in [2.05, 4.69) is 23.4 Å². The quantitative estimate of drug-likeness (QED) is 0.746. The van der Waals surface area contributed by atoms with Crippen LogP contribution in [0, 0.1) is 19.7 Å². The molecule has 0 saturated heterocycles. The molecule has 3 nitrogen and oxygen atoms in total. The summed E-state index contributed by atoms with van der Waals surface area (Å²) in [5.74, 6) is 0.459. The number of rotatable bonds is 2. The fraction of sp³-hybridized carbons (Fsp3) is 0.312. The lowest BCUT2D eigenvalue weighted by Crippen LogP contribution is -2.04. The van der Waals surface area contributed by atoms with E-state index in [4.69, 9.17) is 5.73 Å². The number of aryl methyl sites for hydroxylation is 1. The Morgan fingerprint density at radius 3 is 2.57 bits per heavy atom. The molecule has 0 amide bonds. The molecule has 2 N–H and O–H groups in total. The second-order valence-electron chi connectivity index (χ2n) is 5.53. The predicted molar refractivity (Wildman–Crippen MR) is 87.3 cm³/mol. The van der Waals surface area contributed by atoms with E-state index < -0.39 is 0 Å². The van der Waals surface area contributed by atoms with Crippen LogP contribution in [0.3, 0.4) is 0 Å². The molecular formula is C16H18FN3S. The molecule has 0 bridgehead atoms. The van der Waals surface area contributed by atoms with E-state index in [-0.39, 0.29) is 11.9 Å². The van der Waals surface area contributed by atoms with Gasteiger partial charge in [0.25, 0.3) is 0 Å². The van der Waals surface area contributed by atoms with Crippen molar-refractivity contribution in [3.63, 3.8) is 0 Å². The highest BCUT2D eigenvalue weighted by Gasteiger charge is 2.22. The van der Waals surface area contributed by atoms with Crippen LogP contribution in [-0.2, 0) is 0 Å². The van der Waals surface area contributed by atoms with Crippen molar-refractivity contribution in [1.82, 2.24) is 9.55 Å². The van der Waals surface area contributed by atoms with Gasteiger partial charge in [0.15, 0.2) is 5.82 Å². The van der Waals surface area contributed by atoms with Crippen LogP contribution >= 0.6 is 11.3 Å². The zero-order chi connectivity index (χ0) is 15.3. The number of para-hydroxylation sites is 1. The van der Waals surface area contributed by atoms with Gasteiger partial charge in [-0.3, -0.25) is 0 Å². The van der Waals surface area contributed by atoms with E-state index in [9.17, 15) is 4.39 Å². The van der Waals surface area contributed by atoms with Gasteiger partial charge < -0.3 is 10.3 Å². The van der Waals surface area contributed by atoms with Crippen LogP contribution in [0.5, 0.6) is 0 Å². The molecule has 0 spiro atoms. The average Bonchev–Trinajstić information content (AvgIpc) is 2.89. The van der Waals surface area contributed by atoms with Crippen LogP contribution in [-0.4, -0.2) is 9.55 Å². The molecule has 3 aromatic rings. The van der Waals surface area contributed by atoms with Gasteiger partial charge in [-0.15, -0.1) is 11.3 Å². The van der Waals surface area contributed by atoms with Gasteiger partial charge in [-0.05, 0) is 45.4 Å². The SMILES string of the molecule is Cc1sc(N)c(-c2nc3c(F)cccc3n2C(C)C)c1C. The zero-order valence-corrected chi connectivity index (χ0v) is 13.4. The summed E-state index contributed by atoms with van der Waals surface area (Å²) in [5, 5.41) is 0.739. The van der Waals surface area contributed by atoms with Gasteiger partial charge in [0.05, 0.1) is 16.1 Å². The first-order valence-corrected chi connectivity index (χ1v) is 7.75. The third-order valence-electron chi connectivity index (χ3n) is 3.82. The van der Waals surface area contributed by atoms with Gasteiger partial charge in [0.1, 0.15) is 11.3 Å². The zero-order valence-electron chi connectivity index (χ0n) is 12.6. The molecular weight excluding hydrogens is 285 g/mol. The summed E-state index contributed by atoms with van der Waals surface area (Å²) < 4.78 is 16.1.